The van der Waals surface area contributed by atoms with Gasteiger partial charge in [-0.05, 0) is 13.0 Å². The quantitative estimate of drug-likeness (QED) is 0.442. The molecule has 0 unspecified atom stereocenters. The fourth-order valence-corrected chi connectivity index (χ4v) is 1.15. The predicted octanol–water partition coefficient (Wildman–Crippen LogP) is 2.74. The topological polar surface area (TPSA) is 60.2 Å². The summed E-state index contributed by atoms with van der Waals surface area (Å²) in [5.74, 6) is -0.617. The molecule has 0 N–H and O–H groups in total. The molecule has 15 heavy (non-hydrogen) atoms. The SMILES string of the molecule is CC(=O)c1cc([N+](=O)[O-])ccc1C(F)F. The first-order valence-corrected chi connectivity index (χ1v) is 4.01. The van der Waals surface area contributed by atoms with E-state index in [1.54, 1.807) is 0 Å². The van der Waals surface area contributed by atoms with Gasteiger partial charge in [0.15, 0.2) is 5.78 Å². The van der Waals surface area contributed by atoms with E-state index in [4.69, 9.17) is 0 Å². The second-order valence-corrected chi connectivity index (χ2v) is 2.89. The molecule has 0 atom stereocenters. The maximum absolute atomic E-state index is 12.4. The van der Waals surface area contributed by atoms with E-state index in [2.05, 4.69) is 0 Å². The fourth-order valence-electron chi connectivity index (χ4n) is 1.15. The van der Waals surface area contributed by atoms with Crippen LogP contribution < -0.4 is 0 Å². The Morgan fingerprint density at radius 1 is 1.47 bits per heavy atom. The molecule has 0 bridgehead atoms. The predicted molar refractivity (Wildman–Crippen MR) is 48.1 cm³/mol. The molecule has 80 valence electrons. The number of hydrogen-bond donors (Lipinski definition) is 0. The number of ketones is 1. The van der Waals surface area contributed by atoms with Crippen LogP contribution >= 0.6 is 0 Å². The summed E-state index contributed by atoms with van der Waals surface area (Å²) in [4.78, 5) is 20.6. The highest BCUT2D eigenvalue weighted by Crippen LogP contribution is 2.26. The highest BCUT2D eigenvalue weighted by Gasteiger charge is 2.19. The summed E-state index contributed by atoms with van der Waals surface area (Å²) in [6.07, 6.45) is -2.82. The third kappa shape index (κ3) is 2.34. The molecule has 1 rings (SSSR count). The van der Waals surface area contributed by atoms with Gasteiger partial charge in [0.05, 0.1) is 4.92 Å². The van der Waals surface area contributed by atoms with Crippen LogP contribution in [-0.2, 0) is 0 Å². The first kappa shape index (κ1) is 11.2. The third-order valence-electron chi connectivity index (χ3n) is 1.86. The Morgan fingerprint density at radius 3 is 2.47 bits per heavy atom. The maximum Gasteiger partial charge on any atom is 0.270 e. The minimum Gasteiger partial charge on any atom is -0.294 e. The van der Waals surface area contributed by atoms with E-state index in [1.165, 1.54) is 0 Å². The number of halogens is 2. The number of nitro benzene ring substituents is 1. The van der Waals surface area contributed by atoms with Gasteiger partial charge in [-0.3, -0.25) is 14.9 Å². The summed E-state index contributed by atoms with van der Waals surface area (Å²) >= 11 is 0. The Bertz CT molecular complexity index is 418. The molecule has 0 aromatic heterocycles. The molecule has 0 aliphatic carbocycles. The second-order valence-electron chi connectivity index (χ2n) is 2.89. The number of benzene rings is 1. The van der Waals surface area contributed by atoms with Crippen molar-refractivity contribution in [2.24, 2.45) is 0 Å². The lowest BCUT2D eigenvalue weighted by atomic mass is 10.0. The van der Waals surface area contributed by atoms with Crippen molar-refractivity contribution in [3.8, 4) is 0 Å². The van der Waals surface area contributed by atoms with E-state index in [0.29, 0.717) is 0 Å². The first-order valence-electron chi connectivity index (χ1n) is 4.01. The van der Waals surface area contributed by atoms with Gasteiger partial charge in [0, 0.05) is 23.3 Å². The number of Topliss-reactive ketones (excluding diaryl/α,β-unsaturated/α-hetero) is 1. The molecule has 0 aliphatic heterocycles. The molecule has 0 aliphatic rings. The van der Waals surface area contributed by atoms with Crippen molar-refractivity contribution in [1.29, 1.82) is 0 Å². The smallest absolute Gasteiger partial charge is 0.270 e. The zero-order valence-electron chi connectivity index (χ0n) is 7.74. The minimum atomic E-state index is -2.82. The Balaban J connectivity index is 3.33. The second kappa shape index (κ2) is 4.12. The number of rotatable bonds is 3. The van der Waals surface area contributed by atoms with Gasteiger partial charge in [-0.25, -0.2) is 8.78 Å². The monoisotopic (exact) mass is 215 g/mol. The number of nitrogens with zero attached hydrogens (tertiary/aromatic N) is 1. The molecule has 0 saturated heterocycles. The van der Waals surface area contributed by atoms with Gasteiger partial charge in [-0.2, -0.15) is 0 Å². The highest BCUT2D eigenvalue weighted by molar-refractivity contribution is 5.96. The van der Waals surface area contributed by atoms with Crippen LogP contribution in [0.25, 0.3) is 0 Å². The summed E-state index contributed by atoms with van der Waals surface area (Å²) in [7, 11) is 0. The normalized spacial score (nSPS) is 10.4. The molecule has 0 fully saturated rings. The summed E-state index contributed by atoms with van der Waals surface area (Å²) in [6.45, 7) is 1.09. The van der Waals surface area contributed by atoms with E-state index in [0.717, 1.165) is 25.1 Å². The lowest BCUT2D eigenvalue weighted by Gasteiger charge is -2.04. The summed E-state index contributed by atoms with van der Waals surface area (Å²) in [5, 5.41) is 10.4. The van der Waals surface area contributed by atoms with Crippen molar-refractivity contribution < 1.29 is 18.5 Å². The Hall–Kier alpha value is -1.85. The molecular formula is C9H7F2NO3. The van der Waals surface area contributed by atoms with Crippen LogP contribution in [-0.4, -0.2) is 10.7 Å². The van der Waals surface area contributed by atoms with Crippen LogP contribution in [0.1, 0.15) is 29.3 Å². The average Bonchev–Trinajstić information content (AvgIpc) is 2.16. The number of carbonyl (C=O) groups is 1. The van der Waals surface area contributed by atoms with E-state index >= 15 is 0 Å². The van der Waals surface area contributed by atoms with Gasteiger partial charge in [0.1, 0.15) is 0 Å². The maximum atomic E-state index is 12.4. The Labute approximate surface area is 83.7 Å². The minimum absolute atomic E-state index is 0.306. The van der Waals surface area contributed by atoms with Gasteiger partial charge < -0.3 is 0 Å². The van der Waals surface area contributed by atoms with E-state index in [1.807, 2.05) is 0 Å². The lowest BCUT2D eigenvalue weighted by molar-refractivity contribution is -0.384. The lowest BCUT2D eigenvalue weighted by Crippen LogP contribution is -2.01. The van der Waals surface area contributed by atoms with Gasteiger partial charge in [-0.1, -0.05) is 0 Å². The molecular weight excluding hydrogens is 208 g/mol. The molecule has 0 saturated carbocycles. The number of non-ortho nitro benzene ring substituents is 1. The molecule has 0 spiro atoms. The summed E-state index contributed by atoms with van der Waals surface area (Å²) < 4.78 is 24.8. The van der Waals surface area contributed by atoms with Crippen molar-refractivity contribution in [2.75, 3.05) is 0 Å². The molecule has 6 heteroatoms. The number of nitro groups is 1. The standard InChI is InChI=1S/C9H7F2NO3/c1-5(13)8-4-6(12(14)15)2-3-7(8)9(10)11/h2-4,9H,1H3. The van der Waals surface area contributed by atoms with Crippen molar-refractivity contribution >= 4 is 11.5 Å². The third-order valence-corrected chi connectivity index (χ3v) is 1.86. The van der Waals surface area contributed by atoms with Crippen LogP contribution in [0.5, 0.6) is 0 Å². The Morgan fingerprint density at radius 2 is 2.07 bits per heavy atom. The molecule has 0 amide bonds. The van der Waals surface area contributed by atoms with E-state index < -0.39 is 22.7 Å². The largest absolute Gasteiger partial charge is 0.294 e. The number of hydrogen-bond acceptors (Lipinski definition) is 3. The van der Waals surface area contributed by atoms with Gasteiger partial charge in [0.25, 0.3) is 12.1 Å². The molecule has 1 aromatic carbocycles. The van der Waals surface area contributed by atoms with Gasteiger partial charge >= 0.3 is 0 Å². The van der Waals surface area contributed by atoms with Crippen LogP contribution in [0, 0.1) is 10.1 Å². The van der Waals surface area contributed by atoms with Crippen LogP contribution in [0.4, 0.5) is 14.5 Å². The highest BCUT2D eigenvalue weighted by atomic mass is 19.3. The van der Waals surface area contributed by atoms with Crippen LogP contribution in [0.2, 0.25) is 0 Å². The molecule has 1 aromatic rings. The molecule has 0 heterocycles. The van der Waals surface area contributed by atoms with Crippen molar-refractivity contribution in [1.82, 2.24) is 0 Å². The van der Waals surface area contributed by atoms with Gasteiger partial charge in [0.2, 0.25) is 0 Å². The summed E-state index contributed by atoms with van der Waals surface area (Å²) in [5.41, 5.74) is -1.16. The van der Waals surface area contributed by atoms with Gasteiger partial charge in [-0.15, -0.1) is 0 Å². The average molecular weight is 215 g/mol. The zero-order chi connectivity index (χ0) is 11.6. The molecule has 4 nitrogen and oxygen atoms in total. The van der Waals surface area contributed by atoms with Crippen molar-refractivity contribution in [3.63, 3.8) is 0 Å². The van der Waals surface area contributed by atoms with Crippen molar-refractivity contribution in [3.05, 3.63) is 39.4 Å². The van der Waals surface area contributed by atoms with E-state index in [9.17, 15) is 23.7 Å². The fraction of sp³-hybridized carbons (Fsp3) is 0.222. The summed E-state index contributed by atoms with van der Waals surface area (Å²) in [6, 6.07) is 2.72. The number of carbonyl (C=O) groups excluding carboxylic acids is 1. The van der Waals surface area contributed by atoms with Crippen LogP contribution in [0.15, 0.2) is 18.2 Å². The zero-order valence-corrected chi connectivity index (χ0v) is 7.74. The van der Waals surface area contributed by atoms with Crippen LogP contribution in [0.3, 0.4) is 0 Å². The number of alkyl halides is 2. The molecule has 0 radical (unpaired) electrons. The van der Waals surface area contributed by atoms with Crippen molar-refractivity contribution in [2.45, 2.75) is 13.3 Å². The Kier molecular flexibility index (Phi) is 3.08. The first-order chi connectivity index (χ1) is 6.93. The van der Waals surface area contributed by atoms with E-state index in [-0.39, 0.29) is 11.3 Å².